The average Bonchev–Trinajstić information content (AvgIpc) is 2.46. The first-order valence-corrected chi connectivity index (χ1v) is 8.11. The van der Waals surface area contributed by atoms with Crippen molar-refractivity contribution in [3.05, 3.63) is 23.3 Å². The molecule has 19 heavy (non-hydrogen) atoms. The third-order valence-corrected chi connectivity index (χ3v) is 4.58. The van der Waals surface area contributed by atoms with Gasteiger partial charge in [-0.2, -0.15) is 0 Å². The van der Waals surface area contributed by atoms with Crippen LogP contribution in [0.1, 0.15) is 11.1 Å². The fourth-order valence-corrected chi connectivity index (χ4v) is 3.16. The van der Waals surface area contributed by atoms with E-state index < -0.39 is 0 Å². The van der Waals surface area contributed by atoms with E-state index in [-0.39, 0.29) is 0 Å². The van der Waals surface area contributed by atoms with Crippen molar-refractivity contribution in [2.45, 2.75) is 18.2 Å². The quantitative estimate of drug-likeness (QED) is 0.836. The van der Waals surface area contributed by atoms with E-state index in [0.29, 0.717) is 0 Å². The van der Waals surface area contributed by atoms with Crippen molar-refractivity contribution in [1.82, 2.24) is 10.2 Å². The minimum Gasteiger partial charge on any atom is -0.496 e. The molecule has 1 N–H and O–H groups in total. The summed E-state index contributed by atoms with van der Waals surface area (Å²) in [6.45, 7) is 7.80. The normalized spacial score (nSPS) is 16.6. The predicted octanol–water partition coefficient (Wildman–Crippen LogP) is 2.17. The summed E-state index contributed by atoms with van der Waals surface area (Å²) in [5.74, 6) is 1.03. The van der Waals surface area contributed by atoms with Crippen molar-refractivity contribution in [2.75, 3.05) is 46.1 Å². The van der Waals surface area contributed by atoms with E-state index in [1.165, 1.54) is 16.0 Å². The molecule has 1 aliphatic rings. The number of thioether (sulfide) groups is 1. The number of ether oxygens (including phenoxy) is 1. The molecule has 1 fully saturated rings. The maximum atomic E-state index is 5.53. The first-order valence-electron chi connectivity index (χ1n) is 6.89. The van der Waals surface area contributed by atoms with E-state index in [4.69, 9.17) is 4.74 Å². The Labute approximate surface area is 120 Å². The number of nitrogens with zero attached hydrogens (tertiary/aromatic N) is 1. The molecule has 0 saturated carbocycles. The van der Waals surface area contributed by atoms with Crippen LogP contribution < -0.4 is 10.1 Å². The van der Waals surface area contributed by atoms with Gasteiger partial charge in [-0.05, 0) is 42.9 Å². The summed E-state index contributed by atoms with van der Waals surface area (Å²) in [5.41, 5.74) is 2.63. The highest BCUT2D eigenvalue weighted by Gasteiger charge is 2.12. The minimum atomic E-state index is 1.03. The van der Waals surface area contributed by atoms with Gasteiger partial charge in [0, 0.05) is 37.6 Å². The highest BCUT2D eigenvalue weighted by atomic mass is 32.2. The molecule has 1 aromatic rings. The molecule has 4 heteroatoms. The molecule has 1 saturated heterocycles. The molecule has 0 aromatic heterocycles. The standard InChI is InChI=1S/C15H24N2OS/c1-12-10-14(18-2)13(11-15(12)19-3)4-7-17-8-5-16-6-9-17/h10-11,16H,4-9H2,1-3H3. The molecule has 3 nitrogen and oxygen atoms in total. The van der Waals surface area contributed by atoms with Gasteiger partial charge < -0.3 is 15.0 Å². The molecular weight excluding hydrogens is 256 g/mol. The molecule has 0 atom stereocenters. The predicted molar refractivity (Wildman–Crippen MR) is 82.5 cm³/mol. The Morgan fingerprint density at radius 2 is 2.05 bits per heavy atom. The first kappa shape index (κ1) is 14.7. The molecule has 2 rings (SSSR count). The van der Waals surface area contributed by atoms with Crippen LogP contribution in [0.15, 0.2) is 17.0 Å². The Kier molecular flexibility index (Phi) is 5.55. The monoisotopic (exact) mass is 280 g/mol. The fourth-order valence-electron chi connectivity index (χ4n) is 2.52. The second kappa shape index (κ2) is 7.17. The molecule has 0 aliphatic carbocycles. The number of benzene rings is 1. The SMILES string of the molecule is COc1cc(C)c(SC)cc1CCN1CCNCC1. The Balaban J connectivity index is 2.05. The molecule has 1 heterocycles. The summed E-state index contributed by atoms with van der Waals surface area (Å²) < 4.78 is 5.53. The molecule has 0 unspecified atom stereocenters. The van der Waals surface area contributed by atoms with Crippen LogP contribution in [-0.2, 0) is 6.42 Å². The van der Waals surface area contributed by atoms with Crippen molar-refractivity contribution >= 4 is 11.8 Å². The number of methoxy groups -OCH3 is 1. The number of piperazine rings is 1. The van der Waals surface area contributed by atoms with Gasteiger partial charge in [-0.1, -0.05) is 0 Å². The Hall–Kier alpha value is -0.710. The van der Waals surface area contributed by atoms with Crippen LogP contribution in [0.4, 0.5) is 0 Å². The van der Waals surface area contributed by atoms with Crippen molar-refractivity contribution in [3.8, 4) is 5.75 Å². The Bertz CT molecular complexity index is 417. The number of rotatable bonds is 5. The summed E-state index contributed by atoms with van der Waals surface area (Å²) in [6.07, 6.45) is 3.20. The van der Waals surface area contributed by atoms with Crippen molar-refractivity contribution in [1.29, 1.82) is 0 Å². The third kappa shape index (κ3) is 3.88. The van der Waals surface area contributed by atoms with E-state index in [1.807, 2.05) is 11.8 Å². The lowest BCUT2D eigenvalue weighted by molar-refractivity contribution is 0.243. The zero-order valence-electron chi connectivity index (χ0n) is 12.2. The van der Waals surface area contributed by atoms with E-state index in [9.17, 15) is 0 Å². The highest BCUT2D eigenvalue weighted by Crippen LogP contribution is 2.29. The van der Waals surface area contributed by atoms with Gasteiger partial charge in [0.15, 0.2) is 0 Å². The van der Waals surface area contributed by atoms with E-state index >= 15 is 0 Å². The molecule has 0 radical (unpaired) electrons. The van der Waals surface area contributed by atoms with Crippen LogP contribution in [0.2, 0.25) is 0 Å². The Morgan fingerprint density at radius 3 is 2.68 bits per heavy atom. The van der Waals surface area contributed by atoms with Crippen LogP contribution in [0.3, 0.4) is 0 Å². The molecule has 1 aliphatic heterocycles. The minimum absolute atomic E-state index is 1.03. The van der Waals surface area contributed by atoms with Crippen molar-refractivity contribution in [3.63, 3.8) is 0 Å². The van der Waals surface area contributed by atoms with Crippen molar-refractivity contribution < 1.29 is 4.74 Å². The van der Waals surface area contributed by atoms with Gasteiger partial charge in [-0.3, -0.25) is 0 Å². The second-order valence-corrected chi connectivity index (χ2v) is 5.82. The van der Waals surface area contributed by atoms with E-state index in [0.717, 1.165) is 44.9 Å². The Morgan fingerprint density at radius 1 is 1.32 bits per heavy atom. The molecule has 0 spiro atoms. The second-order valence-electron chi connectivity index (χ2n) is 4.98. The zero-order chi connectivity index (χ0) is 13.7. The molecule has 0 amide bonds. The van der Waals surface area contributed by atoms with E-state index in [2.05, 4.69) is 35.5 Å². The lowest BCUT2D eigenvalue weighted by Crippen LogP contribution is -2.44. The molecular formula is C15H24N2OS. The summed E-state index contributed by atoms with van der Waals surface area (Å²) in [7, 11) is 1.77. The van der Waals surface area contributed by atoms with Crippen molar-refractivity contribution in [2.24, 2.45) is 0 Å². The van der Waals surface area contributed by atoms with Gasteiger partial charge in [0.25, 0.3) is 0 Å². The summed E-state index contributed by atoms with van der Waals surface area (Å²) in [5, 5.41) is 3.39. The number of aryl methyl sites for hydroxylation is 1. The third-order valence-electron chi connectivity index (χ3n) is 3.70. The highest BCUT2D eigenvalue weighted by molar-refractivity contribution is 7.98. The van der Waals surface area contributed by atoms with Gasteiger partial charge in [0.1, 0.15) is 5.75 Å². The van der Waals surface area contributed by atoms with Gasteiger partial charge in [0.2, 0.25) is 0 Å². The van der Waals surface area contributed by atoms with Crippen LogP contribution >= 0.6 is 11.8 Å². The maximum absolute atomic E-state index is 5.53. The molecule has 0 bridgehead atoms. The summed E-state index contributed by atoms with van der Waals surface area (Å²) in [4.78, 5) is 3.88. The first-order chi connectivity index (χ1) is 9.24. The van der Waals surface area contributed by atoms with Gasteiger partial charge in [-0.15, -0.1) is 11.8 Å². The van der Waals surface area contributed by atoms with Crippen LogP contribution in [0.25, 0.3) is 0 Å². The molecule has 1 aromatic carbocycles. The number of hydrogen-bond donors (Lipinski definition) is 1. The lowest BCUT2D eigenvalue weighted by atomic mass is 10.1. The van der Waals surface area contributed by atoms with E-state index in [1.54, 1.807) is 7.11 Å². The van der Waals surface area contributed by atoms with Gasteiger partial charge >= 0.3 is 0 Å². The smallest absolute Gasteiger partial charge is 0.122 e. The average molecular weight is 280 g/mol. The van der Waals surface area contributed by atoms with Gasteiger partial charge in [0.05, 0.1) is 7.11 Å². The van der Waals surface area contributed by atoms with Crippen LogP contribution in [0.5, 0.6) is 5.75 Å². The fraction of sp³-hybridized carbons (Fsp3) is 0.600. The maximum Gasteiger partial charge on any atom is 0.122 e. The summed E-state index contributed by atoms with van der Waals surface area (Å²) in [6, 6.07) is 4.46. The number of hydrogen-bond acceptors (Lipinski definition) is 4. The molecule has 106 valence electrons. The summed E-state index contributed by atoms with van der Waals surface area (Å²) >= 11 is 1.81. The largest absolute Gasteiger partial charge is 0.496 e. The number of nitrogens with one attached hydrogen (secondary N) is 1. The zero-order valence-corrected chi connectivity index (χ0v) is 13.0. The van der Waals surface area contributed by atoms with Crippen LogP contribution in [-0.4, -0.2) is 51.0 Å². The topological polar surface area (TPSA) is 24.5 Å². The van der Waals surface area contributed by atoms with Crippen LogP contribution in [0, 0.1) is 6.92 Å². The lowest BCUT2D eigenvalue weighted by Gasteiger charge is -2.27. The van der Waals surface area contributed by atoms with Gasteiger partial charge in [-0.25, -0.2) is 0 Å².